The topological polar surface area (TPSA) is 73.2 Å². The van der Waals surface area contributed by atoms with Crippen LogP contribution in [0, 0.1) is 11.3 Å². The van der Waals surface area contributed by atoms with Crippen molar-refractivity contribution in [3.63, 3.8) is 0 Å². The number of ether oxygens (including phenoxy) is 2. The van der Waals surface area contributed by atoms with Crippen LogP contribution in [0.2, 0.25) is 5.02 Å². The summed E-state index contributed by atoms with van der Waals surface area (Å²) in [4.78, 5) is 0. The van der Waals surface area contributed by atoms with Crippen LogP contribution in [0.25, 0.3) is 0 Å². The highest BCUT2D eigenvalue weighted by molar-refractivity contribution is 6.30. The molecule has 3 aromatic rings. The van der Waals surface area contributed by atoms with Crippen LogP contribution in [0.15, 0.2) is 54.6 Å². The fraction of sp³-hybridized carbons (Fsp3) is 0.105. The number of methoxy groups -OCH3 is 1. The Bertz CT molecular complexity index is 910. The number of hydrogen-bond acceptors (Lipinski definition) is 4. The van der Waals surface area contributed by atoms with Gasteiger partial charge in [-0.05, 0) is 42.0 Å². The summed E-state index contributed by atoms with van der Waals surface area (Å²) in [6, 6.07) is 18.3. The lowest BCUT2D eigenvalue weighted by molar-refractivity contribution is 0.410. The maximum atomic E-state index is 9.39. The summed E-state index contributed by atoms with van der Waals surface area (Å²) in [5.74, 6) is 1.76. The minimum atomic E-state index is 0.404. The molecule has 0 aliphatic heterocycles. The Labute approximate surface area is 150 Å². The lowest BCUT2D eigenvalue weighted by atomic mass is 10.2. The third kappa shape index (κ3) is 3.70. The molecule has 25 heavy (non-hydrogen) atoms. The highest BCUT2D eigenvalue weighted by atomic mass is 35.5. The van der Waals surface area contributed by atoms with Crippen molar-refractivity contribution in [2.45, 2.75) is 6.54 Å². The molecule has 0 unspecified atom stereocenters. The van der Waals surface area contributed by atoms with Crippen molar-refractivity contribution in [1.82, 2.24) is 4.57 Å². The van der Waals surface area contributed by atoms with Crippen molar-refractivity contribution in [3.05, 3.63) is 70.9 Å². The van der Waals surface area contributed by atoms with Gasteiger partial charge in [0, 0.05) is 11.1 Å². The van der Waals surface area contributed by atoms with Crippen LogP contribution in [0.1, 0.15) is 11.3 Å². The van der Waals surface area contributed by atoms with Crippen molar-refractivity contribution in [2.75, 3.05) is 12.8 Å². The number of nitrogen functional groups attached to an aromatic ring is 1. The second-order valence-corrected chi connectivity index (χ2v) is 5.83. The van der Waals surface area contributed by atoms with E-state index in [1.54, 1.807) is 54.1 Å². The van der Waals surface area contributed by atoms with Gasteiger partial charge in [0.1, 0.15) is 23.3 Å². The van der Waals surface area contributed by atoms with Crippen molar-refractivity contribution in [1.29, 1.82) is 5.26 Å². The number of aromatic nitrogens is 1. The molecule has 1 heterocycles. The summed E-state index contributed by atoms with van der Waals surface area (Å²) < 4.78 is 12.8. The van der Waals surface area contributed by atoms with Gasteiger partial charge in [0.2, 0.25) is 5.88 Å². The predicted octanol–water partition coefficient (Wildman–Crippen LogP) is 4.44. The molecule has 3 rings (SSSR count). The van der Waals surface area contributed by atoms with Gasteiger partial charge in [0.15, 0.2) is 0 Å². The second-order valence-electron chi connectivity index (χ2n) is 5.39. The first-order valence-electron chi connectivity index (χ1n) is 7.56. The largest absolute Gasteiger partial charge is 0.497 e. The van der Waals surface area contributed by atoms with Gasteiger partial charge in [-0.15, -0.1) is 0 Å². The Morgan fingerprint density at radius 2 is 1.72 bits per heavy atom. The standard InChI is InChI=1S/C19H16ClN3O2/c1-24-16-6-8-17(9-7-16)25-19-18(22)10-15(11-21)23(19)12-13-2-4-14(20)5-3-13/h2-10H,12,22H2,1H3. The molecule has 0 fully saturated rings. The average molecular weight is 354 g/mol. The molecule has 0 saturated heterocycles. The summed E-state index contributed by atoms with van der Waals surface area (Å²) in [7, 11) is 1.60. The fourth-order valence-corrected chi connectivity index (χ4v) is 2.57. The van der Waals surface area contributed by atoms with Gasteiger partial charge in [-0.25, -0.2) is 0 Å². The van der Waals surface area contributed by atoms with Crippen molar-refractivity contribution >= 4 is 17.3 Å². The number of halogens is 1. The molecule has 2 N–H and O–H groups in total. The Hall–Kier alpha value is -3.10. The van der Waals surface area contributed by atoms with Gasteiger partial charge in [-0.2, -0.15) is 5.26 Å². The van der Waals surface area contributed by atoms with E-state index in [9.17, 15) is 5.26 Å². The Balaban J connectivity index is 1.93. The smallest absolute Gasteiger partial charge is 0.224 e. The summed E-state index contributed by atoms with van der Waals surface area (Å²) in [6.07, 6.45) is 0. The molecule has 0 atom stereocenters. The number of rotatable bonds is 5. The summed E-state index contributed by atoms with van der Waals surface area (Å²) >= 11 is 5.93. The molecule has 2 aromatic carbocycles. The fourth-order valence-electron chi connectivity index (χ4n) is 2.44. The third-order valence-electron chi connectivity index (χ3n) is 3.72. The summed E-state index contributed by atoms with van der Waals surface area (Å²) in [5, 5.41) is 10.1. The number of benzene rings is 2. The third-order valence-corrected chi connectivity index (χ3v) is 3.97. The van der Waals surface area contributed by atoms with Gasteiger partial charge >= 0.3 is 0 Å². The number of nitrogens with zero attached hydrogens (tertiary/aromatic N) is 2. The van der Waals surface area contributed by atoms with E-state index in [1.165, 1.54) is 0 Å². The van der Waals surface area contributed by atoms with E-state index < -0.39 is 0 Å². The van der Waals surface area contributed by atoms with E-state index in [0.29, 0.717) is 34.6 Å². The number of hydrogen-bond donors (Lipinski definition) is 1. The maximum Gasteiger partial charge on any atom is 0.224 e. The summed E-state index contributed by atoms with van der Waals surface area (Å²) in [5.41, 5.74) is 7.87. The zero-order valence-electron chi connectivity index (χ0n) is 13.6. The molecular formula is C19H16ClN3O2. The number of nitrogens with two attached hydrogens (primary N) is 1. The summed E-state index contributed by atoms with van der Waals surface area (Å²) in [6.45, 7) is 0.447. The lowest BCUT2D eigenvalue weighted by Crippen LogP contribution is -2.05. The second kappa shape index (κ2) is 7.20. The first-order valence-corrected chi connectivity index (χ1v) is 7.94. The van der Waals surface area contributed by atoms with E-state index >= 15 is 0 Å². The highest BCUT2D eigenvalue weighted by Crippen LogP contribution is 2.32. The minimum absolute atomic E-state index is 0.404. The van der Waals surface area contributed by atoms with Gasteiger partial charge in [0.25, 0.3) is 0 Å². The van der Waals surface area contributed by atoms with Crippen LogP contribution < -0.4 is 15.2 Å². The molecule has 5 nitrogen and oxygen atoms in total. The monoisotopic (exact) mass is 353 g/mol. The van der Waals surface area contributed by atoms with E-state index in [4.69, 9.17) is 26.8 Å². The maximum absolute atomic E-state index is 9.39. The molecule has 126 valence electrons. The minimum Gasteiger partial charge on any atom is -0.497 e. The van der Waals surface area contributed by atoms with E-state index in [0.717, 1.165) is 11.3 Å². The molecule has 0 amide bonds. The zero-order chi connectivity index (χ0) is 17.8. The van der Waals surface area contributed by atoms with Crippen molar-refractivity contribution in [2.24, 2.45) is 0 Å². The van der Waals surface area contributed by atoms with Gasteiger partial charge in [-0.1, -0.05) is 23.7 Å². The van der Waals surface area contributed by atoms with Crippen LogP contribution in [-0.4, -0.2) is 11.7 Å². The molecule has 0 bridgehead atoms. The van der Waals surface area contributed by atoms with Crippen LogP contribution in [0.3, 0.4) is 0 Å². The molecule has 6 heteroatoms. The van der Waals surface area contributed by atoms with Crippen LogP contribution in [-0.2, 0) is 6.54 Å². The van der Waals surface area contributed by atoms with Crippen LogP contribution >= 0.6 is 11.6 Å². The molecule has 0 aliphatic rings. The van der Waals surface area contributed by atoms with Gasteiger partial charge in [0.05, 0.1) is 19.3 Å². The number of anilines is 1. The molecular weight excluding hydrogens is 338 g/mol. The zero-order valence-corrected chi connectivity index (χ0v) is 14.3. The molecule has 0 spiro atoms. The molecule has 0 radical (unpaired) electrons. The van der Waals surface area contributed by atoms with E-state index in [2.05, 4.69) is 6.07 Å². The van der Waals surface area contributed by atoms with Crippen molar-refractivity contribution < 1.29 is 9.47 Å². The van der Waals surface area contributed by atoms with Crippen molar-refractivity contribution in [3.8, 4) is 23.4 Å². The normalized spacial score (nSPS) is 10.3. The lowest BCUT2D eigenvalue weighted by Gasteiger charge is -2.13. The Morgan fingerprint density at radius 3 is 2.32 bits per heavy atom. The predicted molar refractivity (Wildman–Crippen MR) is 97.2 cm³/mol. The van der Waals surface area contributed by atoms with E-state index in [1.807, 2.05) is 12.1 Å². The van der Waals surface area contributed by atoms with Crippen LogP contribution in [0.5, 0.6) is 17.4 Å². The van der Waals surface area contributed by atoms with Gasteiger partial charge < -0.3 is 15.2 Å². The molecule has 1 aromatic heterocycles. The van der Waals surface area contributed by atoms with E-state index in [-0.39, 0.29) is 0 Å². The highest BCUT2D eigenvalue weighted by Gasteiger charge is 2.16. The first kappa shape index (κ1) is 16.7. The quantitative estimate of drug-likeness (QED) is 0.735. The molecule has 0 saturated carbocycles. The SMILES string of the molecule is COc1ccc(Oc2c(N)cc(C#N)n2Cc2ccc(Cl)cc2)cc1. The van der Waals surface area contributed by atoms with Gasteiger partial charge in [-0.3, -0.25) is 4.57 Å². The molecule has 0 aliphatic carbocycles. The first-order chi connectivity index (χ1) is 12.1. The van der Waals surface area contributed by atoms with Crippen LogP contribution in [0.4, 0.5) is 5.69 Å². The Kier molecular flexibility index (Phi) is 4.82. The number of nitriles is 1. The average Bonchev–Trinajstić information content (AvgIpc) is 2.93. The Morgan fingerprint density at radius 1 is 1.08 bits per heavy atom.